The SMILES string of the molecule is COc1ccc(CN2C[C@@]3(C)CCCN3C[C@H]2CO)cc1. The number of rotatable bonds is 4. The van der Waals surface area contributed by atoms with Crippen LogP contribution < -0.4 is 4.74 Å². The second kappa shape index (κ2) is 5.95. The minimum absolute atomic E-state index is 0.239. The van der Waals surface area contributed by atoms with Crippen LogP contribution in [-0.2, 0) is 6.54 Å². The number of methoxy groups -OCH3 is 1. The third kappa shape index (κ3) is 2.93. The Morgan fingerprint density at radius 1 is 1.33 bits per heavy atom. The summed E-state index contributed by atoms with van der Waals surface area (Å²) in [6, 6.07) is 8.51. The minimum Gasteiger partial charge on any atom is -0.497 e. The standard InChI is InChI=1S/C17H26N2O2/c1-17-8-3-9-19(17)11-15(12-20)18(13-17)10-14-4-6-16(21-2)7-5-14/h4-7,15,20H,3,8-13H2,1-2H3/t15-,17+/m0/s1. The van der Waals surface area contributed by atoms with Gasteiger partial charge < -0.3 is 9.84 Å². The van der Waals surface area contributed by atoms with Crippen molar-refractivity contribution in [3.63, 3.8) is 0 Å². The fourth-order valence-electron chi connectivity index (χ4n) is 3.83. The molecule has 2 fully saturated rings. The van der Waals surface area contributed by atoms with Crippen LogP contribution in [0.25, 0.3) is 0 Å². The van der Waals surface area contributed by atoms with E-state index in [1.54, 1.807) is 7.11 Å². The van der Waals surface area contributed by atoms with Gasteiger partial charge in [-0.25, -0.2) is 0 Å². The Bertz CT molecular complexity index is 476. The number of hydrogen-bond donors (Lipinski definition) is 1. The zero-order valence-electron chi connectivity index (χ0n) is 13.1. The first kappa shape index (κ1) is 14.8. The molecule has 3 rings (SSSR count). The van der Waals surface area contributed by atoms with E-state index in [0.717, 1.165) is 25.4 Å². The predicted molar refractivity (Wildman–Crippen MR) is 83.5 cm³/mol. The van der Waals surface area contributed by atoms with Gasteiger partial charge in [-0.1, -0.05) is 12.1 Å². The molecule has 1 aromatic rings. The van der Waals surface area contributed by atoms with Crippen LogP contribution >= 0.6 is 0 Å². The van der Waals surface area contributed by atoms with Crippen LogP contribution in [0.5, 0.6) is 5.75 Å². The molecule has 0 radical (unpaired) electrons. The Hall–Kier alpha value is -1.10. The predicted octanol–water partition coefficient (Wildman–Crippen LogP) is 1.73. The lowest BCUT2D eigenvalue weighted by molar-refractivity contribution is -0.0248. The normalized spacial score (nSPS) is 30.3. The van der Waals surface area contributed by atoms with Gasteiger partial charge in [-0.05, 0) is 44.0 Å². The molecule has 2 aliphatic rings. The fraction of sp³-hybridized carbons (Fsp3) is 0.647. The van der Waals surface area contributed by atoms with Crippen LogP contribution in [0.15, 0.2) is 24.3 Å². The highest BCUT2D eigenvalue weighted by atomic mass is 16.5. The molecular formula is C17H26N2O2. The average Bonchev–Trinajstić information content (AvgIpc) is 2.87. The lowest BCUT2D eigenvalue weighted by Gasteiger charge is -2.49. The lowest BCUT2D eigenvalue weighted by Crippen LogP contribution is -2.62. The topological polar surface area (TPSA) is 35.9 Å². The number of nitrogens with zero attached hydrogens (tertiary/aromatic N) is 2. The lowest BCUT2D eigenvalue weighted by atomic mass is 9.93. The summed E-state index contributed by atoms with van der Waals surface area (Å²) in [7, 11) is 1.69. The third-order valence-electron chi connectivity index (χ3n) is 5.15. The minimum atomic E-state index is 0.239. The molecule has 0 aromatic heterocycles. The van der Waals surface area contributed by atoms with Crippen molar-refractivity contribution in [2.75, 3.05) is 33.4 Å². The summed E-state index contributed by atoms with van der Waals surface area (Å²) in [5.74, 6) is 0.894. The molecule has 21 heavy (non-hydrogen) atoms. The van der Waals surface area contributed by atoms with E-state index in [4.69, 9.17) is 4.74 Å². The zero-order valence-corrected chi connectivity index (χ0v) is 13.1. The van der Waals surface area contributed by atoms with Crippen molar-refractivity contribution in [1.82, 2.24) is 9.80 Å². The van der Waals surface area contributed by atoms with Crippen LogP contribution in [0, 0.1) is 0 Å². The van der Waals surface area contributed by atoms with Gasteiger partial charge in [0.15, 0.2) is 0 Å². The van der Waals surface area contributed by atoms with Gasteiger partial charge in [0, 0.05) is 31.2 Å². The van der Waals surface area contributed by atoms with Gasteiger partial charge in [0.05, 0.1) is 13.7 Å². The van der Waals surface area contributed by atoms with Gasteiger partial charge >= 0.3 is 0 Å². The molecule has 0 bridgehead atoms. The monoisotopic (exact) mass is 290 g/mol. The summed E-state index contributed by atoms with van der Waals surface area (Å²) >= 11 is 0. The maximum Gasteiger partial charge on any atom is 0.118 e. The summed E-state index contributed by atoms with van der Waals surface area (Å²) in [5, 5.41) is 9.74. The maximum absolute atomic E-state index is 9.74. The van der Waals surface area contributed by atoms with Crippen molar-refractivity contribution >= 4 is 0 Å². The van der Waals surface area contributed by atoms with Gasteiger partial charge in [-0.3, -0.25) is 9.80 Å². The summed E-state index contributed by atoms with van der Waals surface area (Å²) in [6.07, 6.45) is 2.55. The zero-order chi connectivity index (χ0) is 14.9. The molecule has 0 amide bonds. The number of aliphatic hydroxyl groups is 1. The van der Waals surface area contributed by atoms with E-state index in [-0.39, 0.29) is 18.2 Å². The molecule has 4 nitrogen and oxygen atoms in total. The molecule has 0 spiro atoms. The van der Waals surface area contributed by atoms with E-state index in [0.29, 0.717) is 0 Å². The summed E-state index contributed by atoms with van der Waals surface area (Å²) in [6.45, 7) is 6.73. The second-order valence-electron chi connectivity index (χ2n) is 6.64. The molecular weight excluding hydrogens is 264 g/mol. The number of fused-ring (bicyclic) bond motifs is 1. The van der Waals surface area contributed by atoms with Gasteiger partial charge in [0.1, 0.15) is 5.75 Å². The van der Waals surface area contributed by atoms with Crippen LogP contribution in [0.2, 0.25) is 0 Å². The number of aliphatic hydroxyl groups excluding tert-OH is 1. The maximum atomic E-state index is 9.74. The number of ether oxygens (including phenoxy) is 1. The smallest absolute Gasteiger partial charge is 0.118 e. The summed E-state index contributed by atoms with van der Waals surface area (Å²) in [4.78, 5) is 5.02. The molecule has 4 heteroatoms. The Kier molecular flexibility index (Phi) is 4.20. The Balaban J connectivity index is 1.72. The second-order valence-corrected chi connectivity index (χ2v) is 6.64. The Labute approximate surface area is 127 Å². The number of hydrogen-bond acceptors (Lipinski definition) is 4. The van der Waals surface area contributed by atoms with Crippen LogP contribution in [-0.4, -0.2) is 59.8 Å². The molecule has 2 aliphatic heterocycles. The Morgan fingerprint density at radius 3 is 2.76 bits per heavy atom. The highest BCUT2D eigenvalue weighted by Gasteiger charge is 2.44. The largest absolute Gasteiger partial charge is 0.497 e. The van der Waals surface area contributed by atoms with Crippen molar-refractivity contribution in [2.45, 2.75) is 37.9 Å². The van der Waals surface area contributed by atoms with Crippen molar-refractivity contribution in [3.8, 4) is 5.75 Å². The van der Waals surface area contributed by atoms with Crippen LogP contribution in [0.4, 0.5) is 0 Å². The first-order valence-corrected chi connectivity index (χ1v) is 7.87. The van der Waals surface area contributed by atoms with Crippen molar-refractivity contribution in [3.05, 3.63) is 29.8 Å². The molecule has 2 atom stereocenters. The van der Waals surface area contributed by atoms with Gasteiger partial charge in [0.25, 0.3) is 0 Å². The van der Waals surface area contributed by atoms with Crippen LogP contribution in [0.1, 0.15) is 25.3 Å². The third-order valence-corrected chi connectivity index (χ3v) is 5.15. The van der Waals surface area contributed by atoms with Gasteiger partial charge in [0.2, 0.25) is 0 Å². The first-order chi connectivity index (χ1) is 10.1. The van der Waals surface area contributed by atoms with E-state index in [1.165, 1.54) is 24.9 Å². The molecule has 0 saturated carbocycles. The molecule has 1 N–H and O–H groups in total. The fourth-order valence-corrected chi connectivity index (χ4v) is 3.83. The van der Waals surface area contributed by atoms with E-state index in [9.17, 15) is 5.11 Å². The highest BCUT2D eigenvalue weighted by Crippen LogP contribution is 2.34. The van der Waals surface area contributed by atoms with E-state index < -0.39 is 0 Å². The summed E-state index contributed by atoms with van der Waals surface area (Å²) in [5.41, 5.74) is 1.57. The number of benzene rings is 1. The Morgan fingerprint density at radius 2 is 2.10 bits per heavy atom. The molecule has 2 saturated heterocycles. The van der Waals surface area contributed by atoms with Crippen LogP contribution in [0.3, 0.4) is 0 Å². The average molecular weight is 290 g/mol. The van der Waals surface area contributed by atoms with E-state index >= 15 is 0 Å². The molecule has 116 valence electrons. The first-order valence-electron chi connectivity index (χ1n) is 7.87. The van der Waals surface area contributed by atoms with Crippen molar-refractivity contribution < 1.29 is 9.84 Å². The molecule has 0 aliphatic carbocycles. The van der Waals surface area contributed by atoms with Crippen molar-refractivity contribution in [1.29, 1.82) is 0 Å². The van der Waals surface area contributed by atoms with Crippen molar-refractivity contribution in [2.24, 2.45) is 0 Å². The van der Waals surface area contributed by atoms with E-state index in [2.05, 4.69) is 28.9 Å². The quantitative estimate of drug-likeness (QED) is 0.916. The van der Waals surface area contributed by atoms with E-state index in [1.807, 2.05) is 12.1 Å². The highest BCUT2D eigenvalue weighted by molar-refractivity contribution is 5.27. The molecule has 0 unspecified atom stereocenters. The van der Waals surface area contributed by atoms with Gasteiger partial charge in [-0.15, -0.1) is 0 Å². The number of piperazine rings is 1. The summed E-state index contributed by atoms with van der Waals surface area (Å²) < 4.78 is 5.21. The van der Waals surface area contributed by atoms with Gasteiger partial charge in [-0.2, -0.15) is 0 Å². The molecule has 2 heterocycles. The molecule has 1 aromatic carbocycles.